The van der Waals surface area contributed by atoms with E-state index in [1.807, 2.05) is 0 Å². The Bertz CT molecular complexity index is 1210. The average Bonchev–Trinajstić information content (AvgIpc) is 2.97. The van der Waals surface area contributed by atoms with Crippen LogP contribution < -0.4 is 5.32 Å². The smallest absolute Gasteiger partial charge is 0.307 e. The second-order valence-corrected chi connectivity index (χ2v) is 8.08. The number of thiocarbonyl (C=S) groups is 1. The zero-order valence-corrected chi connectivity index (χ0v) is 16.5. The van der Waals surface area contributed by atoms with Crippen LogP contribution in [-0.2, 0) is 11.0 Å². The van der Waals surface area contributed by atoms with Crippen LogP contribution in [0, 0.1) is 6.92 Å². The first-order chi connectivity index (χ1) is 13.7. The normalized spacial score (nSPS) is 15.9. The van der Waals surface area contributed by atoms with Crippen molar-refractivity contribution in [3.05, 3.63) is 64.2 Å². The molecule has 29 heavy (non-hydrogen) atoms. The number of aryl methyl sites for hydroxylation is 1. The van der Waals surface area contributed by atoms with Crippen molar-refractivity contribution < 1.29 is 18.0 Å². The van der Waals surface area contributed by atoms with Gasteiger partial charge < -0.3 is 5.32 Å². The molecule has 9 heteroatoms. The Labute approximate surface area is 173 Å². The molecule has 4 nitrogen and oxygen atoms in total. The summed E-state index contributed by atoms with van der Waals surface area (Å²) in [4.78, 5) is 21.3. The molecular formula is C20H12F3N3OS2. The van der Waals surface area contributed by atoms with Crippen molar-refractivity contribution >= 4 is 51.2 Å². The van der Waals surface area contributed by atoms with Crippen molar-refractivity contribution in [2.45, 2.75) is 13.1 Å². The van der Waals surface area contributed by atoms with Crippen molar-refractivity contribution in [1.29, 1.82) is 0 Å². The first-order valence-electron chi connectivity index (χ1n) is 8.41. The highest BCUT2D eigenvalue weighted by Gasteiger charge is 2.30. The van der Waals surface area contributed by atoms with Gasteiger partial charge in [0.25, 0.3) is 5.91 Å². The molecule has 1 aliphatic heterocycles. The maximum atomic E-state index is 12.9. The highest BCUT2D eigenvalue weighted by Crippen LogP contribution is 2.33. The van der Waals surface area contributed by atoms with Crippen LogP contribution in [0.4, 0.5) is 13.2 Å². The van der Waals surface area contributed by atoms with Crippen LogP contribution in [0.3, 0.4) is 0 Å². The van der Waals surface area contributed by atoms with Crippen LogP contribution in [0.25, 0.3) is 28.4 Å². The molecule has 1 saturated heterocycles. The van der Waals surface area contributed by atoms with E-state index >= 15 is 0 Å². The molecule has 1 amide bonds. The van der Waals surface area contributed by atoms with E-state index in [1.165, 1.54) is 6.07 Å². The van der Waals surface area contributed by atoms with Gasteiger partial charge in [0.2, 0.25) is 0 Å². The second kappa shape index (κ2) is 7.23. The summed E-state index contributed by atoms with van der Waals surface area (Å²) >= 11 is 6.14. The third-order valence-electron chi connectivity index (χ3n) is 4.27. The monoisotopic (exact) mass is 431 g/mol. The second-order valence-electron chi connectivity index (χ2n) is 6.36. The van der Waals surface area contributed by atoms with Crippen LogP contribution in [0.15, 0.2) is 47.4 Å². The van der Waals surface area contributed by atoms with Crippen LogP contribution in [0.2, 0.25) is 0 Å². The zero-order valence-electron chi connectivity index (χ0n) is 14.9. The molecule has 1 fully saturated rings. The highest BCUT2D eigenvalue weighted by molar-refractivity contribution is 8.26. The molecule has 1 N–H and O–H groups in total. The summed E-state index contributed by atoms with van der Waals surface area (Å²) in [6, 6.07) is 10.4. The Morgan fingerprint density at radius 1 is 1.14 bits per heavy atom. The molecular weight excluding hydrogens is 419 g/mol. The number of aromatic nitrogens is 2. The Morgan fingerprint density at radius 2 is 1.93 bits per heavy atom. The molecule has 146 valence electrons. The Hall–Kier alpha value is -2.78. The van der Waals surface area contributed by atoms with Crippen LogP contribution in [-0.4, -0.2) is 20.2 Å². The van der Waals surface area contributed by atoms with Crippen molar-refractivity contribution in [1.82, 2.24) is 15.3 Å². The number of nitrogens with one attached hydrogen (secondary N) is 1. The lowest BCUT2D eigenvalue weighted by Gasteiger charge is -2.10. The number of alkyl halides is 3. The summed E-state index contributed by atoms with van der Waals surface area (Å²) in [5, 5.41) is 2.95. The van der Waals surface area contributed by atoms with Crippen molar-refractivity contribution in [2.24, 2.45) is 0 Å². The van der Waals surface area contributed by atoms with Gasteiger partial charge in [-0.2, -0.15) is 13.2 Å². The Kier molecular flexibility index (Phi) is 4.87. The van der Waals surface area contributed by atoms with Crippen LogP contribution in [0.1, 0.15) is 16.8 Å². The minimum Gasteiger partial charge on any atom is -0.307 e. The fraction of sp³-hybridized carbons (Fsp3) is 0.100. The van der Waals surface area contributed by atoms with Crippen LogP contribution >= 0.6 is 24.0 Å². The number of carbonyl (C=O) groups is 1. The molecule has 1 aromatic carbocycles. The van der Waals surface area contributed by atoms with Gasteiger partial charge in [-0.05, 0) is 55.0 Å². The minimum absolute atomic E-state index is 0.271. The molecule has 3 heterocycles. The van der Waals surface area contributed by atoms with Crippen molar-refractivity contribution in [3.8, 4) is 11.4 Å². The number of thioether (sulfide) groups is 1. The number of nitrogens with zero attached hydrogens (tertiary/aromatic N) is 2. The third-order valence-corrected chi connectivity index (χ3v) is 5.43. The molecule has 0 aliphatic carbocycles. The quantitative estimate of drug-likeness (QED) is 0.451. The van der Waals surface area contributed by atoms with E-state index in [0.29, 0.717) is 42.8 Å². The molecule has 0 saturated carbocycles. The predicted octanol–water partition coefficient (Wildman–Crippen LogP) is 5.11. The number of halogens is 3. The van der Waals surface area contributed by atoms with Gasteiger partial charge in [-0.15, -0.1) is 0 Å². The number of hydrogen-bond acceptors (Lipinski definition) is 5. The number of hydrogen-bond donors (Lipinski definition) is 1. The van der Waals surface area contributed by atoms with Gasteiger partial charge in [-0.1, -0.05) is 30.0 Å². The SMILES string of the molecule is Cc1cc2cc(C(F)(F)F)ccc2nc1-c1cccc(C=C2SC(=S)NC2=O)n1. The summed E-state index contributed by atoms with van der Waals surface area (Å²) in [5.41, 5.74) is 2.11. The standard InChI is InChI=1S/C20H12F3N3OS2/c1-10-7-11-8-12(20(21,22)23)5-6-14(11)25-17(10)15-4-2-3-13(24-15)9-16-18(27)26-19(28)29-16/h2-9H,1H3,(H,26,27,28). The molecule has 0 bridgehead atoms. The van der Waals surface area contributed by atoms with E-state index in [1.54, 1.807) is 37.3 Å². The summed E-state index contributed by atoms with van der Waals surface area (Å²) in [6.07, 6.45) is -2.77. The maximum Gasteiger partial charge on any atom is 0.416 e. The number of rotatable bonds is 2. The number of amides is 1. The van der Waals surface area contributed by atoms with E-state index in [-0.39, 0.29) is 5.91 Å². The molecule has 2 aromatic heterocycles. The summed E-state index contributed by atoms with van der Waals surface area (Å²) in [6.45, 7) is 1.77. The highest BCUT2D eigenvalue weighted by atomic mass is 32.2. The van der Waals surface area contributed by atoms with Gasteiger partial charge in [0.1, 0.15) is 4.32 Å². The molecule has 3 aromatic rings. The summed E-state index contributed by atoms with van der Waals surface area (Å²) < 4.78 is 39.2. The predicted molar refractivity (Wildman–Crippen MR) is 111 cm³/mol. The molecule has 0 spiro atoms. The average molecular weight is 431 g/mol. The molecule has 4 rings (SSSR count). The van der Waals surface area contributed by atoms with Crippen molar-refractivity contribution in [3.63, 3.8) is 0 Å². The maximum absolute atomic E-state index is 12.9. The van der Waals surface area contributed by atoms with Crippen molar-refractivity contribution in [2.75, 3.05) is 0 Å². The van der Waals surface area contributed by atoms with Gasteiger partial charge in [-0.25, -0.2) is 9.97 Å². The first kappa shape index (κ1) is 19.5. The van der Waals surface area contributed by atoms with E-state index in [4.69, 9.17) is 12.2 Å². The Morgan fingerprint density at radius 3 is 2.62 bits per heavy atom. The molecule has 0 unspecified atom stereocenters. The van der Waals surface area contributed by atoms with E-state index < -0.39 is 11.7 Å². The van der Waals surface area contributed by atoms with Gasteiger partial charge in [0.05, 0.1) is 33.1 Å². The topological polar surface area (TPSA) is 54.9 Å². The largest absolute Gasteiger partial charge is 0.416 e. The lowest BCUT2D eigenvalue weighted by molar-refractivity contribution is -0.137. The van der Waals surface area contributed by atoms with Crippen LogP contribution in [0.5, 0.6) is 0 Å². The van der Waals surface area contributed by atoms with Gasteiger partial charge >= 0.3 is 6.18 Å². The number of fused-ring (bicyclic) bond motifs is 1. The number of benzene rings is 1. The first-order valence-corrected chi connectivity index (χ1v) is 9.64. The number of pyridine rings is 2. The van der Waals surface area contributed by atoms with Gasteiger partial charge in [0.15, 0.2) is 0 Å². The fourth-order valence-corrected chi connectivity index (χ4v) is 3.97. The summed E-state index contributed by atoms with van der Waals surface area (Å²) in [5.74, 6) is -0.271. The molecule has 0 radical (unpaired) electrons. The lowest BCUT2D eigenvalue weighted by atomic mass is 10.1. The fourth-order valence-electron chi connectivity index (χ4n) is 2.94. The summed E-state index contributed by atoms with van der Waals surface area (Å²) in [7, 11) is 0. The lowest BCUT2D eigenvalue weighted by Crippen LogP contribution is -2.17. The zero-order chi connectivity index (χ0) is 20.8. The Balaban J connectivity index is 1.75. The third kappa shape index (κ3) is 4.01. The van der Waals surface area contributed by atoms with E-state index in [0.717, 1.165) is 23.9 Å². The van der Waals surface area contributed by atoms with E-state index in [2.05, 4.69) is 15.3 Å². The molecule has 1 aliphatic rings. The number of carbonyl (C=O) groups excluding carboxylic acids is 1. The van der Waals surface area contributed by atoms with Gasteiger partial charge in [0, 0.05) is 5.39 Å². The minimum atomic E-state index is -4.41. The molecule has 0 atom stereocenters. The van der Waals surface area contributed by atoms with Gasteiger partial charge in [-0.3, -0.25) is 4.79 Å². The van der Waals surface area contributed by atoms with E-state index in [9.17, 15) is 18.0 Å².